The molecule has 15 nitrogen and oxygen atoms in total. The Morgan fingerprint density at radius 2 is 1.62 bits per heavy atom. The van der Waals surface area contributed by atoms with E-state index in [2.05, 4.69) is 38.0 Å². The number of amides is 2. The van der Waals surface area contributed by atoms with Gasteiger partial charge in [0, 0.05) is 70.0 Å². The fraction of sp³-hybridized carbons (Fsp3) is 0.415. The lowest BCUT2D eigenvalue weighted by Crippen LogP contribution is -2.44. The van der Waals surface area contributed by atoms with Crippen LogP contribution in [0.2, 0.25) is 5.02 Å². The van der Waals surface area contributed by atoms with Gasteiger partial charge in [0.25, 0.3) is 0 Å². The van der Waals surface area contributed by atoms with Crippen molar-refractivity contribution >= 4 is 92.2 Å². The van der Waals surface area contributed by atoms with Crippen LogP contribution in [-0.2, 0) is 25.6 Å². The molecule has 7 rings (SSSR count). The number of ether oxygens (including phenoxy) is 2. The van der Waals surface area contributed by atoms with Crippen molar-refractivity contribution < 1.29 is 37.1 Å². The topological polar surface area (TPSA) is 192 Å². The molecule has 1 saturated heterocycles. The molecule has 3 aromatic carbocycles. The molecule has 5 aromatic rings. The van der Waals surface area contributed by atoms with Crippen molar-refractivity contribution in [2.45, 2.75) is 64.8 Å². The number of alkyl halides is 3. The highest BCUT2D eigenvalue weighted by molar-refractivity contribution is 7.76. The third-order valence-corrected chi connectivity index (χ3v) is 15.7. The number of carbonyl (C=O) groups is 2. The van der Waals surface area contributed by atoms with Gasteiger partial charge >= 0.3 is 6.18 Å². The maximum atomic E-state index is 13.8. The lowest BCUT2D eigenvalue weighted by molar-refractivity contribution is -0.140. The van der Waals surface area contributed by atoms with E-state index in [0.29, 0.717) is 54.5 Å². The molecule has 1 atom stereocenters. The first-order valence-corrected chi connectivity index (χ1v) is 28.2. The molecule has 2 aromatic heterocycles. The van der Waals surface area contributed by atoms with Crippen molar-refractivity contribution in [2.75, 3.05) is 94.6 Å². The fourth-order valence-corrected chi connectivity index (χ4v) is 11.0. The molecule has 7 N–H and O–H groups in total. The summed E-state index contributed by atoms with van der Waals surface area (Å²) >= 11 is 7.69. The predicted octanol–water partition coefficient (Wildman–Crippen LogP) is 8.04. The van der Waals surface area contributed by atoms with Crippen LogP contribution >= 0.6 is 30.4 Å². The normalized spacial score (nSPS) is 15.5. The fourth-order valence-electron chi connectivity index (χ4n) is 8.79. The quantitative estimate of drug-likeness (QED) is 0.0133. The lowest BCUT2D eigenvalue weighted by atomic mass is 9.99. The Morgan fingerprint density at radius 3 is 2.26 bits per heavy atom. The number of anilines is 3. The Labute approximate surface area is 439 Å². The second-order valence-corrected chi connectivity index (χ2v) is 23.6. The Hall–Kier alpha value is -5.84. The van der Waals surface area contributed by atoms with E-state index in [4.69, 9.17) is 36.9 Å². The highest BCUT2D eigenvalue weighted by Gasteiger charge is 2.35. The monoisotopic (exact) mass is 1080 g/mol. The summed E-state index contributed by atoms with van der Waals surface area (Å²) < 4.78 is 54.0. The number of aliphatic imine (C=N–C) groups is 1. The van der Waals surface area contributed by atoms with Crippen molar-refractivity contribution in [1.29, 1.82) is 10.8 Å². The van der Waals surface area contributed by atoms with Crippen LogP contribution < -0.4 is 31.5 Å². The third-order valence-electron chi connectivity index (χ3n) is 12.7. The number of piperidine rings is 1. The van der Waals surface area contributed by atoms with Crippen LogP contribution in [0, 0.1) is 36.5 Å². The number of likely N-dealkylation sites (tertiary alicyclic amines) is 1. The summed E-state index contributed by atoms with van der Waals surface area (Å²) in [6, 6.07) is 20.9. The molecule has 2 aliphatic heterocycles. The van der Waals surface area contributed by atoms with E-state index in [0.717, 1.165) is 56.1 Å². The molecule has 0 unspecified atom stereocenters. The van der Waals surface area contributed by atoms with Gasteiger partial charge in [-0.25, -0.2) is 4.89 Å². The molecule has 0 radical (unpaired) electrons. The van der Waals surface area contributed by atoms with Gasteiger partial charge in [0.15, 0.2) is 7.49 Å². The van der Waals surface area contributed by atoms with Crippen molar-refractivity contribution in [3.63, 3.8) is 0 Å². The largest absolute Gasteiger partial charge is 0.406 e. The summed E-state index contributed by atoms with van der Waals surface area (Å²) in [7, 11) is -2.14. The van der Waals surface area contributed by atoms with E-state index in [9.17, 15) is 27.7 Å². The summed E-state index contributed by atoms with van der Waals surface area (Å²) in [5.74, 6) is 5.70. The van der Waals surface area contributed by atoms with Crippen LogP contribution in [0.3, 0.4) is 0 Å². The number of hydrogen-bond acceptors (Lipinski definition) is 12. The second kappa shape index (κ2) is 25.1. The van der Waals surface area contributed by atoms with E-state index < -0.39 is 26.3 Å². The van der Waals surface area contributed by atoms with Crippen LogP contribution in [0.5, 0.6) is 0 Å². The van der Waals surface area contributed by atoms with Crippen LogP contribution in [0.15, 0.2) is 77.8 Å². The van der Waals surface area contributed by atoms with Gasteiger partial charge in [0.05, 0.1) is 76.2 Å². The third kappa shape index (κ3) is 14.9. The van der Waals surface area contributed by atoms with Gasteiger partial charge in [-0.2, -0.15) is 13.2 Å². The van der Waals surface area contributed by atoms with Crippen LogP contribution in [0.25, 0.3) is 10.9 Å². The number of aromatic nitrogens is 1. The number of fused-ring (bicyclic) bond motifs is 2. The molecule has 2 aliphatic rings. The number of thiophene rings is 1. The average Bonchev–Trinajstić information content (AvgIpc) is 3.80. The number of hydrogen-bond donors (Lipinski definition) is 7. The molecule has 0 bridgehead atoms. The maximum absolute atomic E-state index is 13.8. The molecule has 74 heavy (non-hydrogen) atoms. The molecular formula is C53H64ClF3N10O5PS+. The van der Waals surface area contributed by atoms with Gasteiger partial charge in [-0.1, -0.05) is 35.7 Å². The maximum Gasteiger partial charge on any atom is 0.406 e. The number of halogens is 4. The van der Waals surface area contributed by atoms with E-state index in [1.165, 1.54) is 15.9 Å². The minimum atomic E-state index is -4.45. The molecule has 0 spiro atoms. The van der Waals surface area contributed by atoms with Crippen LogP contribution in [0.1, 0.15) is 53.4 Å². The average molecular weight is 1080 g/mol. The zero-order valence-corrected chi connectivity index (χ0v) is 44.7. The highest BCUT2D eigenvalue weighted by atomic mass is 35.5. The number of rotatable bonds is 20. The number of carbonyl (C=O) groups excluding carboxylic acids is 2. The van der Waals surface area contributed by atoms with Crippen LogP contribution in [0.4, 0.5) is 29.5 Å². The van der Waals surface area contributed by atoms with Crippen molar-refractivity contribution in [3.8, 4) is 11.8 Å². The molecule has 1 fully saturated rings. The lowest BCUT2D eigenvalue weighted by Gasteiger charge is -2.32. The Morgan fingerprint density at radius 1 is 0.959 bits per heavy atom. The smallest absolute Gasteiger partial charge is 0.382 e. The van der Waals surface area contributed by atoms with Gasteiger partial charge in [0.1, 0.15) is 34.6 Å². The summed E-state index contributed by atoms with van der Waals surface area (Å²) in [5.41, 5.74) is 5.51. The van der Waals surface area contributed by atoms with Gasteiger partial charge < -0.3 is 35.3 Å². The molecule has 4 heterocycles. The van der Waals surface area contributed by atoms with Gasteiger partial charge in [-0.05, 0) is 99.7 Å². The minimum absolute atomic E-state index is 0.0479. The van der Waals surface area contributed by atoms with E-state index >= 15 is 0 Å². The number of nitrogens with zero attached hydrogens (tertiary/aromatic N) is 4. The Kier molecular flexibility index (Phi) is 19.0. The first-order chi connectivity index (χ1) is 35.3. The standard InChI is InChI=1S/C53H63ClF3N10O5PS/c1-34-35(2)74-52-49(34)50(37-11-13-38(54)14-12-37)64-45(51(59)67(52)36(3)58)31-47(68)61-22-26-71-28-29-72-27-23-62-48(69)32-65-24-19-40(20-25-65)63-44-9-6-10-46-43(44)30-41(66(46)33-53(55,56)57)8-7-21-60-39-15-17-42(18-16-39)73(4,5)70/h6,9-18,30,40,45,58-60,63,70H,19-29,31-33H2,1-5H3,(H-,61,62,68,69)/p+1/t45-/m0/s1. The molecule has 21 heteroatoms. The SMILES string of the molecule is CC(=N)N1C(=N)[C@H](CC(=O)NCCOCCOCCNC(=O)CN2CCC(Nc3cccc4c3cc(C#CCNc3ccc([P+](C)(C)O)cc3)n4CC(F)(F)F)CC2)N=C(c2ccc(Cl)cc2)c2c1sc(C)c2C. The van der Waals surface area contributed by atoms with E-state index in [1.54, 1.807) is 42.2 Å². The first-order valence-electron chi connectivity index (χ1n) is 24.4. The second-order valence-electron chi connectivity index (χ2n) is 18.7. The highest BCUT2D eigenvalue weighted by Crippen LogP contribution is 2.44. The molecule has 0 aliphatic carbocycles. The zero-order chi connectivity index (χ0) is 53.2. The Bertz CT molecular complexity index is 2900. The van der Waals surface area contributed by atoms with Crippen molar-refractivity contribution in [1.82, 2.24) is 20.1 Å². The minimum Gasteiger partial charge on any atom is -0.382 e. The molecule has 2 amide bonds. The number of nitrogens with one attached hydrogen (secondary N) is 6. The summed E-state index contributed by atoms with van der Waals surface area (Å²) in [6.07, 6.45) is -3.06. The first kappa shape index (κ1) is 55.9. The zero-order valence-electron chi connectivity index (χ0n) is 42.2. The van der Waals surface area contributed by atoms with Gasteiger partial charge in [-0.3, -0.25) is 35.2 Å². The summed E-state index contributed by atoms with van der Waals surface area (Å²) in [5, 5.41) is 32.9. The van der Waals surface area contributed by atoms with Gasteiger partial charge in [-0.15, -0.1) is 11.3 Å². The van der Waals surface area contributed by atoms with Gasteiger partial charge in [0.2, 0.25) is 11.8 Å². The number of aryl methyl sites for hydroxylation is 1. The van der Waals surface area contributed by atoms with E-state index in [-0.39, 0.29) is 74.5 Å². The van der Waals surface area contributed by atoms with E-state index in [1.807, 2.05) is 69.6 Å². The molecular weight excluding hydrogens is 1010 g/mol. The van der Waals surface area contributed by atoms with Crippen molar-refractivity contribution in [2.24, 2.45) is 4.99 Å². The summed E-state index contributed by atoms with van der Waals surface area (Å²) in [4.78, 5) is 46.0. The number of amidine groups is 2. The molecule has 394 valence electrons. The van der Waals surface area contributed by atoms with Crippen molar-refractivity contribution in [3.05, 3.63) is 105 Å². The molecule has 0 saturated carbocycles. The van der Waals surface area contributed by atoms with Crippen LogP contribution in [-0.4, -0.2) is 141 Å². The predicted molar refractivity (Wildman–Crippen MR) is 294 cm³/mol. The number of benzene rings is 3. The summed E-state index contributed by atoms with van der Waals surface area (Å²) in [6.45, 7) is 11.5. The Balaban J connectivity index is 0.789.